The van der Waals surface area contributed by atoms with E-state index < -0.39 is 12.0 Å². The van der Waals surface area contributed by atoms with Gasteiger partial charge in [0, 0.05) is 25.7 Å². The summed E-state index contributed by atoms with van der Waals surface area (Å²) in [6.45, 7) is 4.19. The first-order valence-corrected chi connectivity index (χ1v) is 6.35. The van der Waals surface area contributed by atoms with Crippen molar-refractivity contribution in [2.75, 3.05) is 20.1 Å². The first-order chi connectivity index (χ1) is 8.97. The van der Waals surface area contributed by atoms with Gasteiger partial charge in [-0.25, -0.2) is 0 Å². The van der Waals surface area contributed by atoms with Gasteiger partial charge in [0.05, 0.1) is 6.54 Å². The summed E-state index contributed by atoms with van der Waals surface area (Å²) in [5.74, 6) is -0.489. The number of hydrogen-bond acceptors (Lipinski definition) is 4. The Morgan fingerprint density at radius 3 is 2.63 bits per heavy atom. The maximum Gasteiger partial charge on any atom is 0.451 e. The van der Waals surface area contributed by atoms with Crippen molar-refractivity contribution < 1.29 is 13.2 Å². The van der Waals surface area contributed by atoms with Gasteiger partial charge in [-0.3, -0.25) is 4.90 Å². The molecule has 0 amide bonds. The predicted octanol–water partition coefficient (Wildman–Crippen LogP) is 1.11. The van der Waals surface area contributed by atoms with Gasteiger partial charge in [-0.15, -0.1) is 10.2 Å². The van der Waals surface area contributed by atoms with Crippen molar-refractivity contribution in [2.45, 2.75) is 38.7 Å². The zero-order valence-electron chi connectivity index (χ0n) is 11.0. The Balaban J connectivity index is 2.15. The molecule has 0 aromatic carbocycles. The van der Waals surface area contributed by atoms with Crippen LogP contribution in [0.1, 0.15) is 25.0 Å². The number of rotatable bonds is 4. The van der Waals surface area contributed by atoms with Crippen molar-refractivity contribution in [3.63, 3.8) is 0 Å². The third kappa shape index (κ3) is 2.89. The molecule has 8 heteroatoms. The molecule has 108 valence electrons. The third-order valence-corrected chi connectivity index (χ3v) is 3.46. The van der Waals surface area contributed by atoms with Gasteiger partial charge in [0.1, 0.15) is 5.82 Å². The summed E-state index contributed by atoms with van der Waals surface area (Å²) in [4.78, 5) is 2.15. The highest BCUT2D eigenvalue weighted by atomic mass is 19.4. The first-order valence-electron chi connectivity index (χ1n) is 6.35. The molecule has 1 aliphatic heterocycles. The van der Waals surface area contributed by atoms with Crippen LogP contribution in [0.2, 0.25) is 0 Å². The van der Waals surface area contributed by atoms with E-state index in [4.69, 9.17) is 0 Å². The molecule has 1 atom stereocenters. The van der Waals surface area contributed by atoms with Crippen LogP contribution in [0.15, 0.2) is 0 Å². The molecular weight excluding hydrogens is 259 g/mol. The van der Waals surface area contributed by atoms with Crippen LogP contribution in [0.4, 0.5) is 13.2 Å². The van der Waals surface area contributed by atoms with Crippen molar-refractivity contribution in [2.24, 2.45) is 0 Å². The summed E-state index contributed by atoms with van der Waals surface area (Å²) in [5, 5.41) is 10.1. The van der Waals surface area contributed by atoms with Gasteiger partial charge in [-0.05, 0) is 13.5 Å². The van der Waals surface area contributed by atoms with Gasteiger partial charge < -0.3 is 9.88 Å². The fourth-order valence-corrected chi connectivity index (χ4v) is 2.47. The van der Waals surface area contributed by atoms with E-state index in [1.165, 1.54) is 4.57 Å². The normalized spacial score (nSPS) is 18.4. The van der Waals surface area contributed by atoms with E-state index >= 15 is 0 Å². The molecule has 1 aromatic heterocycles. The zero-order valence-corrected chi connectivity index (χ0v) is 11.0. The molecule has 1 unspecified atom stereocenters. The minimum Gasteiger partial charge on any atom is -0.318 e. The molecule has 0 saturated heterocycles. The summed E-state index contributed by atoms with van der Waals surface area (Å²) < 4.78 is 39.3. The van der Waals surface area contributed by atoms with Crippen molar-refractivity contribution in [3.05, 3.63) is 11.6 Å². The number of likely N-dealkylation sites (N-methyl/N-ethyl adjacent to an activating group) is 1. The number of nitrogens with one attached hydrogen (secondary N) is 1. The van der Waals surface area contributed by atoms with Crippen LogP contribution in [-0.2, 0) is 19.3 Å². The van der Waals surface area contributed by atoms with E-state index in [1.54, 1.807) is 0 Å². The lowest BCUT2D eigenvalue weighted by atomic mass is 10.1. The summed E-state index contributed by atoms with van der Waals surface area (Å²) >= 11 is 0. The average Bonchev–Trinajstić information content (AvgIpc) is 2.78. The van der Waals surface area contributed by atoms with Crippen LogP contribution in [0.5, 0.6) is 0 Å². The highest BCUT2D eigenvalue weighted by Crippen LogP contribution is 2.29. The Hall–Kier alpha value is -1.15. The lowest BCUT2D eigenvalue weighted by Gasteiger charge is -2.34. The largest absolute Gasteiger partial charge is 0.451 e. The molecule has 0 aliphatic carbocycles. The van der Waals surface area contributed by atoms with Gasteiger partial charge in [0.2, 0.25) is 5.82 Å². The number of hydrogen-bond donors (Lipinski definition) is 1. The van der Waals surface area contributed by atoms with E-state index in [9.17, 15) is 13.2 Å². The molecule has 1 aromatic rings. The van der Waals surface area contributed by atoms with Crippen molar-refractivity contribution >= 4 is 0 Å². The quantitative estimate of drug-likeness (QED) is 0.895. The van der Waals surface area contributed by atoms with Crippen LogP contribution < -0.4 is 5.32 Å². The van der Waals surface area contributed by atoms with E-state index in [-0.39, 0.29) is 6.54 Å². The first kappa shape index (κ1) is 14.3. The van der Waals surface area contributed by atoms with Gasteiger partial charge in [0.25, 0.3) is 0 Å². The van der Waals surface area contributed by atoms with Crippen LogP contribution in [0.3, 0.4) is 0 Å². The SMILES string of the molecule is CCC(CNC)N1CCn2c(nnc2C(F)(F)F)C1. The molecule has 19 heavy (non-hydrogen) atoms. The molecule has 0 spiro atoms. The summed E-state index contributed by atoms with van der Waals surface area (Å²) in [7, 11) is 1.87. The minimum atomic E-state index is -4.43. The minimum absolute atomic E-state index is 0.289. The smallest absolute Gasteiger partial charge is 0.318 e. The molecule has 0 bridgehead atoms. The van der Waals surface area contributed by atoms with Crippen LogP contribution in [0, 0.1) is 0 Å². The number of aromatic nitrogens is 3. The molecular formula is C11H18F3N5. The van der Waals surface area contributed by atoms with E-state index in [0.717, 1.165) is 13.0 Å². The Kier molecular flexibility index (Phi) is 4.10. The number of alkyl halides is 3. The van der Waals surface area contributed by atoms with Crippen LogP contribution in [0.25, 0.3) is 0 Å². The third-order valence-electron chi connectivity index (χ3n) is 3.46. The fourth-order valence-electron chi connectivity index (χ4n) is 2.47. The average molecular weight is 277 g/mol. The number of nitrogens with zero attached hydrogens (tertiary/aromatic N) is 4. The maximum atomic E-state index is 12.7. The summed E-state index contributed by atoms with van der Waals surface area (Å²) in [5.41, 5.74) is 0. The molecule has 0 saturated carbocycles. The molecule has 0 radical (unpaired) electrons. The topological polar surface area (TPSA) is 46.0 Å². The van der Waals surface area contributed by atoms with Gasteiger partial charge >= 0.3 is 6.18 Å². The predicted molar refractivity (Wildman–Crippen MR) is 63.4 cm³/mol. The number of halogens is 3. The maximum absolute atomic E-state index is 12.7. The van der Waals surface area contributed by atoms with E-state index in [1.807, 2.05) is 7.05 Å². The second kappa shape index (κ2) is 5.46. The Bertz CT molecular complexity index is 428. The van der Waals surface area contributed by atoms with E-state index in [2.05, 4.69) is 27.3 Å². The van der Waals surface area contributed by atoms with Crippen molar-refractivity contribution in [1.82, 2.24) is 25.0 Å². The lowest BCUT2D eigenvalue weighted by molar-refractivity contribution is -0.148. The zero-order chi connectivity index (χ0) is 14.0. The second-order valence-electron chi connectivity index (χ2n) is 4.68. The molecule has 0 fully saturated rings. The van der Waals surface area contributed by atoms with Crippen molar-refractivity contribution in [3.8, 4) is 0 Å². The summed E-state index contributed by atoms with van der Waals surface area (Å²) in [6, 6.07) is 0.310. The highest BCUT2D eigenvalue weighted by molar-refractivity contribution is 5.02. The Morgan fingerprint density at radius 1 is 1.32 bits per heavy atom. The van der Waals surface area contributed by atoms with Gasteiger partial charge in [0.15, 0.2) is 0 Å². The fraction of sp³-hybridized carbons (Fsp3) is 0.818. The second-order valence-corrected chi connectivity index (χ2v) is 4.68. The Morgan fingerprint density at radius 2 is 2.05 bits per heavy atom. The van der Waals surface area contributed by atoms with Crippen LogP contribution >= 0.6 is 0 Å². The lowest BCUT2D eigenvalue weighted by Crippen LogP contribution is -2.45. The summed E-state index contributed by atoms with van der Waals surface area (Å²) in [6.07, 6.45) is -3.48. The number of fused-ring (bicyclic) bond motifs is 1. The van der Waals surface area contributed by atoms with Crippen LogP contribution in [-0.4, -0.2) is 45.8 Å². The molecule has 2 rings (SSSR count). The highest BCUT2D eigenvalue weighted by Gasteiger charge is 2.39. The Labute approximate surface area is 109 Å². The van der Waals surface area contributed by atoms with E-state index in [0.29, 0.717) is 25.0 Å². The molecule has 1 N–H and O–H groups in total. The molecule has 2 heterocycles. The molecule has 5 nitrogen and oxygen atoms in total. The molecule has 1 aliphatic rings. The standard InChI is InChI=1S/C11H18F3N5/c1-3-8(6-15-2)18-4-5-19-9(7-18)16-17-10(19)11(12,13)14/h8,15H,3-7H2,1-2H3. The monoisotopic (exact) mass is 277 g/mol. The van der Waals surface area contributed by atoms with Gasteiger partial charge in [-0.1, -0.05) is 6.92 Å². The van der Waals surface area contributed by atoms with Gasteiger partial charge in [-0.2, -0.15) is 13.2 Å². The van der Waals surface area contributed by atoms with Crippen molar-refractivity contribution in [1.29, 1.82) is 0 Å².